The Balaban J connectivity index is 1.84. The van der Waals surface area contributed by atoms with Gasteiger partial charge in [0.25, 0.3) is 0 Å². The second-order valence-corrected chi connectivity index (χ2v) is 7.10. The van der Waals surface area contributed by atoms with Crippen molar-refractivity contribution in [3.8, 4) is 0 Å². The lowest BCUT2D eigenvalue weighted by Gasteiger charge is -2.34. The Morgan fingerprint density at radius 1 is 1.33 bits per heavy atom. The lowest BCUT2D eigenvalue weighted by Crippen LogP contribution is -2.40. The van der Waals surface area contributed by atoms with Crippen molar-refractivity contribution in [1.29, 1.82) is 0 Å². The molecule has 1 N–H and O–H groups in total. The third kappa shape index (κ3) is 4.48. The fourth-order valence-corrected chi connectivity index (χ4v) is 3.15. The van der Waals surface area contributed by atoms with E-state index in [2.05, 4.69) is 6.92 Å². The van der Waals surface area contributed by atoms with E-state index in [9.17, 15) is 9.90 Å². The van der Waals surface area contributed by atoms with E-state index in [4.69, 9.17) is 0 Å². The largest absolute Gasteiger partial charge is 0.388 e. The molecule has 0 aliphatic carbocycles. The van der Waals surface area contributed by atoms with Crippen LogP contribution in [0.4, 0.5) is 0 Å². The number of carbonyl (C=O) groups is 1. The smallest absolute Gasteiger partial charge is 0.223 e. The molecule has 0 bridgehead atoms. The summed E-state index contributed by atoms with van der Waals surface area (Å²) in [6, 6.07) is 9.83. The summed E-state index contributed by atoms with van der Waals surface area (Å²) in [7, 11) is 0. The standard InChI is InChI=1S/C17H25NO2S/c1-13(21-2)12-16(19)18-10-8-15(9-11-18)17(20)14-6-4-3-5-7-14/h3-7,13,15,17,20H,8-12H2,1-2H3. The summed E-state index contributed by atoms with van der Waals surface area (Å²) in [6.45, 7) is 3.64. The predicted octanol–water partition coefficient (Wildman–Crippen LogP) is 3.10. The number of aliphatic hydroxyl groups is 1. The average molecular weight is 307 g/mol. The topological polar surface area (TPSA) is 40.5 Å². The number of rotatable bonds is 5. The van der Waals surface area contributed by atoms with E-state index in [-0.39, 0.29) is 11.8 Å². The Labute approximate surface area is 131 Å². The molecular weight excluding hydrogens is 282 g/mol. The van der Waals surface area contributed by atoms with Crippen LogP contribution in [0.5, 0.6) is 0 Å². The van der Waals surface area contributed by atoms with E-state index >= 15 is 0 Å². The van der Waals surface area contributed by atoms with E-state index in [0.717, 1.165) is 31.5 Å². The zero-order valence-electron chi connectivity index (χ0n) is 12.9. The molecule has 1 saturated heterocycles. The summed E-state index contributed by atoms with van der Waals surface area (Å²) in [5, 5.41) is 10.8. The van der Waals surface area contributed by atoms with Gasteiger partial charge < -0.3 is 10.0 Å². The highest BCUT2D eigenvalue weighted by molar-refractivity contribution is 7.99. The van der Waals surface area contributed by atoms with Gasteiger partial charge in [-0.15, -0.1) is 0 Å². The summed E-state index contributed by atoms with van der Waals surface area (Å²) in [6.07, 6.45) is 4.02. The Morgan fingerprint density at radius 3 is 2.52 bits per heavy atom. The van der Waals surface area contributed by atoms with Crippen molar-refractivity contribution >= 4 is 17.7 Å². The van der Waals surface area contributed by atoms with Gasteiger partial charge in [0.2, 0.25) is 5.91 Å². The molecule has 1 aromatic carbocycles. The minimum Gasteiger partial charge on any atom is -0.388 e. The molecule has 4 heteroatoms. The molecular formula is C17H25NO2S. The highest BCUT2D eigenvalue weighted by atomic mass is 32.2. The van der Waals surface area contributed by atoms with Crippen LogP contribution in [-0.4, -0.2) is 40.5 Å². The van der Waals surface area contributed by atoms with Crippen LogP contribution in [0.25, 0.3) is 0 Å². The minimum atomic E-state index is -0.409. The summed E-state index contributed by atoms with van der Waals surface area (Å²) >= 11 is 1.73. The Kier molecular flexibility index (Phi) is 6.12. The number of hydrogen-bond donors (Lipinski definition) is 1. The van der Waals surface area contributed by atoms with E-state index in [1.807, 2.05) is 41.5 Å². The molecule has 0 spiro atoms. The van der Waals surface area contributed by atoms with E-state index in [1.165, 1.54) is 0 Å². The summed E-state index contributed by atoms with van der Waals surface area (Å²) in [5.41, 5.74) is 0.985. The van der Waals surface area contributed by atoms with Crippen molar-refractivity contribution in [3.63, 3.8) is 0 Å². The van der Waals surface area contributed by atoms with Crippen molar-refractivity contribution < 1.29 is 9.90 Å². The van der Waals surface area contributed by atoms with Crippen molar-refractivity contribution in [3.05, 3.63) is 35.9 Å². The third-order valence-corrected chi connectivity index (χ3v) is 5.32. The average Bonchev–Trinajstić information content (AvgIpc) is 2.55. The summed E-state index contributed by atoms with van der Waals surface area (Å²) in [5.74, 6) is 0.513. The van der Waals surface area contributed by atoms with Crippen LogP contribution in [0, 0.1) is 5.92 Å². The molecule has 2 atom stereocenters. The van der Waals surface area contributed by atoms with Gasteiger partial charge in [-0.1, -0.05) is 37.3 Å². The normalized spacial score (nSPS) is 19.3. The van der Waals surface area contributed by atoms with Gasteiger partial charge in [0.05, 0.1) is 6.10 Å². The van der Waals surface area contributed by atoms with Gasteiger partial charge in [-0.2, -0.15) is 11.8 Å². The molecule has 116 valence electrons. The van der Waals surface area contributed by atoms with Crippen molar-refractivity contribution in [1.82, 2.24) is 4.90 Å². The third-order valence-electron chi connectivity index (χ3n) is 4.34. The molecule has 0 aromatic heterocycles. The quantitative estimate of drug-likeness (QED) is 0.908. The number of aliphatic hydroxyl groups excluding tert-OH is 1. The fraction of sp³-hybridized carbons (Fsp3) is 0.588. The Hall–Kier alpha value is -1.00. The number of hydrogen-bond acceptors (Lipinski definition) is 3. The van der Waals surface area contributed by atoms with Crippen LogP contribution in [-0.2, 0) is 4.79 Å². The molecule has 1 aliphatic rings. The number of likely N-dealkylation sites (tertiary alicyclic amines) is 1. The van der Waals surface area contributed by atoms with Gasteiger partial charge >= 0.3 is 0 Å². The van der Waals surface area contributed by atoms with E-state index < -0.39 is 6.10 Å². The SMILES string of the molecule is CSC(C)CC(=O)N1CCC(C(O)c2ccccc2)CC1. The first-order chi connectivity index (χ1) is 10.1. The van der Waals surface area contributed by atoms with Gasteiger partial charge in [-0.05, 0) is 30.6 Å². The van der Waals surface area contributed by atoms with Crippen molar-refractivity contribution in [2.45, 2.75) is 37.5 Å². The molecule has 1 fully saturated rings. The second-order valence-electron chi connectivity index (χ2n) is 5.82. The van der Waals surface area contributed by atoms with Gasteiger partial charge in [0.15, 0.2) is 0 Å². The minimum absolute atomic E-state index is 0.254. The first kappa shape index (κ1) is 16.4. The highest BCUT2D eigenvalue weighted by Crippen LogP contribution is 2.30. The maximum Gasteiger partial charge on any atom is 0.223 e. The first-order valence-electron chi connectivity index (χ1n) is 7.65. The summed E-state index contributed by atoms with van der Waals surface area (Å²) in [4.78, 5) is 14.1. The zero-order chi connectivity index (χ0) is 15.2. The van der Waals surface area contributed by atoms with E-state index in [0.29, 0.717) is 11.7 Å². The lowest BCUT2D eigenvalue weighted by molar-refractivity contribution is -0.133. The number of amides is 1. The second kappa shape index (κ2) is 7.85. The number of nitrogens with zero attached hydrogens (tertiary/aromatic N) is 1. The molecule has 1 amide bonds. The van der Waals surface area contributed by atoms with Gasteiger partial charge in [-0.25, -0.2) is 0 Å². The predicted molar refractivity (Wildman–Crippen MR) is 88.3 cm³/mol. The van der Waals surface area contributed by atoms with Gasteiger partial charge in [-0.3, -0.25) is 4.79 Å². The van der Waals surface area contributed by atoms with Crippen LogP contribution < -0.4 is 0 Å². The molecule has 1 aromatic rings. The lowest BCUT2D eigenvalue weighted by atomic mass is 9.87. The zero-order valence-corrected chi connectivity index (χ0v) is 13.7. The fourth-order valence-electron chi connectivity index (χ4n) is 2.85. The highest BCUT2D eigenvalue weighted by Gasteiger charge is 2.28. The molecule has 2 unspecified atom stereocenters. The van der Waals surface area contributed by atoms with Crippen molar-refractivity contribution in [2.24, 2.45) is 5.92 Å². The summed E-state index contributed by atoms with van der Waals surface area (Å²) < 4.78 is 0. The maximum absolute atomic E-state index is 12.2. The Morgan fingerprint density at radius 2 is 1.95 bits per heavy atom. The van der Waals surface area contributed by atoms with Crippen molar-refractivity contribution in [2.75, 3.05) is 19.3 Å². The molecule has 0 saturated carbocycles. The van der Waals surface area contributed by atoms with E-state index in [1.54, 1.807) is 11.8 Å². The van der Waals surface area contributed by atoms with Crippen LogP contribution in [0.3, 0.4) is 0 Å². The van der Waals surface area contributed by atoms with Gasteiger partial charge in [0, 0.05) is 24.8 Å². The maximum atomic E-state index is 12.2. The van der Waals surface area contributed by atoms with Crippen LogP contribution in [0.1, 0.15) is 37.9 Å². The Bertz CT molecular complexity index is 443. The molecule has 2 rings (SSSR count). The monoisotopic (exact) mass is 307 g/mol. The van der Waals surface area contributed by atoms with Crippen LogP contribution in [0.2, 0.25) is 0 Å². The number of piperidine rings is 1. The molecule has 21 heavy (non-hydrogen) atoms. The number of carbonyl (C=O) groups excluding carboxylic acids is 1. The molecule has 0 radical (unpaired) electrons. The molecule has 1 aliphatic heterocycles. The molecule has 3 nitrogen and oxygen atoms in total. The van der Waals surface area contributed by atoms with Crippen LogP contribution >= 0.6 is 11.8 Å². The number of thioether (sulfide) groups is 1. The first-order valence-corrected chi connectivity index (χ1v) is 8.94. The van der Waals surface area contributed by atoms with Crippen LogP contribution in [0.15, 0.2) is 30.3 Å². The number of benzene rings is 1. The molecule has 1 heterocycles. The van der Waals surface area contributed by atoms with Gasteiger partial charge in [0.1, 0.15) is 0 Å².